The van der Waals surface area contributed by atoms with Gasteiger partial charge in [0.2, 0.25) is 0 Å². The number of hydrogen-bond acceptors (Lipinski definition) is 4. The largest absolute Gasteiger partial charge is 0.493 e. The molecule has 0 aliphatic carbocycles. The maximum Gasteiger partial charge on any atom is 0.317 e. The zero-order chi connectivity index (χ0) is 16.6. The van der Waals surface area contributed by atoms with Crippen LogP contribution < -0.4 is 9.47 Å². The highest BCUT2D eigenvalue weighted by atomic mass is 79.9. The van der Waals surface area contributed by atoms with Crippen LogP contribution in [0.2, 0.25) is 0 Å². The van der Waals surface area contributed by atoms with Crippen molar-refractivity contribution in [1.29, 1.82) is 0 Å². The van der Waals surface area contributed by atoms with Crippen LogP contribution in [0.25, 0.3) is 0 Å². The van der Waals surface area contributed by atoms with Crippen molar-refractivity contribution in [2.75, 3.05) is 14.2 Å². The number of esters is 1. The van der Waals surface area contributed by atoms with Crippen LogP contribution in [0, 0.1) is 0 Å². The fraction of sp³-hybridized carbons (Fsp3) is 0.235. The molecule has 2 atom stereocenters. The van der Waals surface area contributed by atoms with Gasteiger partial charge in [-0.3, -0.25) is 4.79 Å². The molecule has 4 nitrogen and oxygen atoms in total. The second kappa shape index (κ2) is 6.53. The van der Waals surface area contributed by atoms with E-state index in [1.54, 1.807) is 7.11 Å². The van der Waals surface area contributed by atoms with E-state index in [-0.39, 0.29) is 5.97 Å². The molecule has 0 amide bonds. The highest BCUT2D eigenvalue weighted by molar-refractivity contribution is 9.13. The summed E-state index contributed by atoms with van der Waals surface area (Å²) in [5.41, 5.74) is 1.66. The lowest BCUT2D eigenvalue weighted by molar-refractivity contribution is -0.144. The van der Waals surface area contributed by atoms with E-state index in [1.165, 1.54) is 7.11 Å². The molecule has 0 aromatic heterocycles. The minimum Gasteiger partial charge on any atom is -0.493 e. The fourth-order valence-corrected chi connectivity index (χ4v) is 3.39. The third-order valence-corrected chi connectivity index (χ3v) is 5.72. The number of methoxy groups -OCH3 is 2. The van der Waals surface area contributed by atoms with Gasteiger partial charge in [-0.05, 0) is 55.6 Å². The van der Waals surface area contributed by atoms with Gasteiger partial charge in [-0.15, -0.1) is 0 Å². The van der Waals surface area contributed by atoms with Gasteiger partial charge in [0.25, 0.3) is 0 Å². The summed E-state index contributed by atoms with van der Waals surface area (Å²) in [6.07, 6.45) is -0.460. The summed E-state index contributed by atoms with van der Waals surface area (Å²) in [7, 11) is 2.96. The summed E-state index contributed by atoms with van der Waals surface area (Å²) < 4.78 is 18.3. The summed E-state index contributed by atoms with van der Waals surface area (Å²) in [6.45, 7) is 0. The summed E-state index contributed by atoms with van der Waals surface area (Å²) in [4.78, 5) is 12.3. The highest BCUT2D eigenvalue weighted by Crippen LogP contribution is 2.51. The van der Waals surface area contributed by atoms with Crippen molar-refractivity contribution in [3.05, 3.63) is 56.5 Å². The Labute approximate surface area is 151 Å². The Morgan fingerprint density at radius 1 is 1.13 bits per heavy atom. The minimum absolute atomic E-state index is 0.332. The van der Waals surface area contributed by atoms with Gasteiger partial charge in [-0.25, -0.2) is 0 Å². The molecule has 0 saturated carbocycles. The third-order valence-electron chi connectivity index (χ3n) is 3.84. The lowest BCUT2D eigenvalue weighted by Crippen LogP contribution is -2.20. The predicted octanol–water partition coefficient (Wildman–Crippen LogP) is 4.61. The molecule has 1 aliphatic heterocycles. The maximum absolute atomic E-state index is 12.3. The first-order chi connectivity index (χ1) is 11.1. The van der Waals surface area contributed by atoms with Crippen molar-refractivity contribution in [1.82, 2.24) is 0 Å². The van der Waals surface area contributed by atoms with E-state index in [1.807, 2.05) is 36.4 Å². The molecule has 0 fully saturated rings. The van der Waals surface area contributed by atoms with Crippen molar-refractivity contribution in [2.24, 2.45) is 0 Å². The molecule has 2 aromatic carbocycles. The van der Waals surface area contributed by atoms with Crippen LogP contribution in [-0.2, 0) is 9.53 Å². The number of carbonyl (C=O) groups excluding carboxylic acids is 1. The zero-order valence-corrected chi connectivity index (χ0v) is 15.7. The summed E-state index contributed by atoms with van der Waals surface area (Å²) in [6, 6.07) is 11.3. The molecule has 0 spiro atoms. The lowest BCUT2D eigenvalue weighted by atomic mass is 9.91. The van der Waals surface area contributed by atoms with Crippen LogP contribution in [0.5, 0.6) is 11.5 Å². The average Bonchev–Trinajstić information content (AvgIpc) is 2.96. The second-order valence-electron chi connectivity index (χ2n) is 5.09. The Morgan fingerprint density at radius 2 is 1.91 bits per heavy atom. The van der Waals surface area contributed by atoms with Gasteiger partial charge in [0.15, 0.2) is 11.5 Å². The second-order valence-corrected chi connectivity index (χ2v) is 6.80. The van der Waals surface area contributed by atoms with Crippen LogP contribution >= 0.6 is 31.9 Å². The molecule has 0 unspecified atom stereocenters. The molecule has 0 N–H and O–H groups in total. The van der Waals surface area contributed by atoms with Gasteiger partial charge in [-0.2, -0.15) is 0 Å². The number of halogens is 2. The fourth-order valence-electron chi connectivity index (χ4n) is 2.75. The first-order valence-corrected chi connectivity index (χ1v) is 8.51. The van der Waals surface area contributed by atoms with Crippen molar-refractivity contribution < 1.29 is 19.0 Å². The van der Waals surface area contributed by atoms with E-state index in [4.69, 9.17) is 14.2 Å². The van der Waals surface area contributed by atoms with E-state index < -0.39 is 12.0 Å². The summed E-state index contributed by atoms with van der Waals surface area (Å²) in [5, 5.41) is 0. The molecule has 0 radical (unpaired) electrons. The van der Waals surface area contributed by atoms with E-state index in [9.17, 15) is 4.79 Å². The number of para-hydroxylation sites is 1. The molecule has 2 aromatic rings. The molecular weight excluding hydrogens is 428 g/mol. The highest BCUT2D eigenvalue weighted by Gasteiger charge is 2.42. The molecule has 3 rings (SSSR count). The van der Waals surface area contributed by atoms with Crippen molar-refractivity contribution in [2.45, 2.75) is 12.0 Å². The molecule has 6 heteroatoms. The van der Waals surface area contributed by atoms with E-state index in [0.29, 0.717) is 11.5 Å². The SMILES string of the molecule is COC(=O)[C@H]1c2cccc(OC)c2O[C@@H]1c1ccc(Br)c(Br)c1. The summed E-state index contributed by atoms with van der Waals surface area (Å²) in [5.74, 6) is 0.337. The van der Waals surface area contributed by atoms with Crippen LogP contribution in [0.15, 0.2) is 45.3 Å². The number of hydrogen-bond donors (Lipinski definition) is 0. The van der Waals surface area contributed by atoms with Crippen LogP contribution in [0.4, 0.5) is 0 Å². The van der Waals surface area contributed by atoms with Gasteiger partial charge >= 0.3 is 5.97 Å². The Morgan fingerprint density at radius 3 is 2.57 bits per heavy atom. The van der Waals surface area contributed by atoms with E-state index >= 15 is 0 Å². The zero-order valence-electron chi connectivity index (χ0n) is 12.5. The monoisotopic (exact) mass is 440 g/mol. The maximum atomic E-state index is 12.3. The van der Waals surface area contributed by atoms with Gasteiger partial charge < -0.3 is 14.2 Å². The Hall–Kier alpha value is -1.53. The molecule has 120 valence electrons. The molecular formula is C17H14Br2O4. The van der Waals surface area contributed by atoms with Crippen molar-refractivity contribution >= 4 is 37.8 Å². The minimum atomic E-state index is -0.529. The van der Waals surface area contributed by atoms with Gasteiger partial charge in [0.05, 0.1) is 14.2 Å². The Kier molecular flexibility index (Phi) is 4.64. The van der Waals surface area contributed by atoms with Crippen LogP contribution in [-0.4, -0.2) is 20.2 Å². The summed E-state index contributed by atoms with van der Waals surface area (Å²) >= 11 is 6.93. The van der Waals surface area contributed by atoms with Crippen LogP contribution in [0.3, 0.4) is 0 Å². The molecule has 0 bridgehead atoms. The third kappa shape index (κ3) is 2.85. The van der Waals surface area contributed by atoms with Crippen LogP contribution in [0.1, 0.15) is 23.1 Å². The first-order valence-electron chi connectivity index (χ1n) is 6.93. The normalized spacial score (nSPS) is 19.0. The predicted molar refractivity (Wildman–Crippen MR) is 93.0 cm³/mol. The standard InChI is InChI=1S/C17H14Br2O4/c1-21-13-5-3-4-10-14(17(20)22-2)15(23-16(10)13)9-6-7-11(18)12(19)8-9/h3-8,14-15H,1-2H3/t14-,15+/m0/s1. The van der Waals surface area contributed by atoms with E-state index in [2.05, 4.69) is 31.9 Å². The number of benzene rings is 2. The van der Waals surface area contributed by atoms with Gasteiger partial charge in [-0.1, -0.05) is 18.2 Å². The van der Waals surface area contributed by atoms with E-state index in [0.717, 1.165) is 20.1 Å². The Balaban J connectivity index is 2.10. The quantitative estimate of drug-likeness (QED) is 0.652. The van der Waals surface area contributed by atoms with Crippen molar-refractivity contribution in [3.8, 4) is 11.5 Å². The van der Waals surface area contributed by atoms with Gasteiger partial charge in [0.1, 0.15) is 12.0 Å². The topological polar surface area (TPSA) is 44.8 Å². The lowest BCUT2D eigenvalue weighted by Gasteiger charge is -2.18. The number of ether oxygens (including phenoxy) is 3. The number of fused-ring (bicyclic) bond motifs is 1. The first kappa shape index (κ1) is 16.3. The smallest absolute Gasteiger partial charge is 0.317 e. The van der Waals surface area contributed by atoms with Gasteiger partial charge in [0, 0.05) is 14.5 Å². The average molecular weight is 442 g/mol. The Bertz CT molecular complexity index is 760. The number of carbonyl (C=O) groups is 1. The molecule has 23 heavy (non-hydrogen) atoms. The molecule has 0 saturated heterocycles. The van der Waals surface area contributed by atoms with Crippen molar-refractivity contribution in [3.63, 3.8) is 0 Å². The molecule has 1 aliphatic rings. The number of rotatable bonds is 3. The molecule has 1 heterocycles.